The third-order valence-corrected chi connectivity index (χ3v) is 8.65. The van der Waals surface area contributed by atoms with Gasteiger partial charge in [0.25, 0.3) is 11.8 Å². The minimum absolute atomic E-state index is 0.0888. The fourth-order valence-electron chi connectivity index (χ4n) is 5.79. The van der Waals surface area contributed by atoms with Crippen LogP contribution in [0.4, 0.5) is 5.69 Å². The topological polar surface area (TPSA) is 73.8 Å². The first-order valence-electron chi connectivity index (χ1n) is 12.4. The average Bonchev–Trinajstić information content (AvgIpc) is 3.51. The lowest BCUT2D eigenvalue weighted by molar-refractivity contribution is -0.137. The normalized spacial score (nSPS) is 22.1. The van der Waals surface area contributed by atoms with Gasteiger partial charge in [-0.3, -0.25) is 19.3 Å². The molecule has 180 valence electrons. The smallest absolute Gasteiger partial charge is 0.264 e. The fourth-order valence-corrected chi connectivity index (χ4v) is 6.47. The Balaban J connectivity index is 1.37. The molecule has 2 fully saturated rings. The molecule has 3 amide bonds. The number of anilines is 1. The molecule has 1 aromatic heterocycles. The lowest BCUT2D eigenvalue weighted by atomic mass is 9.91. The number of nitrogens with zero attached hydrogens (tertiary/aromatic N) is 4. The maximum Gasteiger partial charge on any atom is 0.264 e. The molecule has 3 aliphatic rings. The molecule has 1 saturated heterocycles. The van der Waals surface area contributed by atoms with Crippen molar-refractivity contribution < 1.29 is 14.4 Å². The highest BCUT2D eigenvalue weighted by Gasteiger charge is 2.42. The maximum atomic E-state index is 13.5. The number of thiazole rings is 1. The highest BCUT2D eigenvalue weighted by molar-refractivity contribution is 7.09. The van der Waals surface area contributed by atoms with Crippen molar-refractivity contribution in [3.63, 3.8) is 0 Å². The number of rotatable bonds is 5. The number of carbonyl (C=O) groups is 3. The second-order valence-corrected chi connectivity index (χ2v) is 10.7. The molecule has 2 unspecified atom stereocenters. The van der Waals surface area contributed by atoms with E-state index >= 15 is 0 Å². The van der Waals surface area contributed by atoms with Crippen molar-refractivity contribution in [2.45, 2.75) is 64.0 Å². The predicted molar refractivity (Wildman–Crippen MR) is 132 cm³/mol. The minimum atomic E-state index is -0.417. The Labute approximate surface area is 204 Å². The molecule has 0 N–H and O–H groups in total. The molecule has 2 aliphatic heterocycles. The summed E-state index contributed by atoms with van der Waals surface area (Å²) in [7, 11) is 1.96. The second-order valence-electron chi connectivity index (χ2n) is 9.75. The van der Waals surface area contributed by atoms with Gasteiger partial charge in [0.15, 0.2) is 0 Å². The third kappa shape index (κ3) is 4.02. The van der Waals surface area contributed by atoms with Crippen LogP contribution in [0.5, 0.6) is 0 Å². The van der Waals surface area contributed by atoms with Gasteiger partial charge in [-0.25, -0.2) is 4.98 Å². The molecule has 8 heteroatoms. The zero-order valence-corrected chi connectivity index (χ0v) is 20.7. The van der Waals surface area contributed by atoms with Crippen LogP contribution in [0.2, 0.25) is 0 Å². The molecule has 0 bridgehead atoms. The van der Waals surface area contributed by atoms with E-state index in [2.05, 4.69) is 9.88 Å². The molecule has 3 heterocycles. The molecule has 0 spiro atoms. The van der Waals surface area contributed by atoms with E-state index in [9.17, 15) is 14.4 Å². The van der Waals surface area contributed by atoms with Crippen molar-refractivity contribution in [1.29, 1.82) is 0 Å². The molecule has 7 nitrogen and oxygen atoms in total. The molecular formula is C26H32N4O3S. The highest BCUT2D eigenvalue weighted by atomic mass is 32.1. The Kier molecular flexibility index (Phi) is 6.42. The van der Waals surface area contributed by atoms with Crippen LogP contribution < -0.4 is 4.90 Å². The number of hydrogen-bond donors (Lipinski definition) is 0. The number of carbonyl (C=O) groups excluding carboxylic acids is 3. The van der Waals surface area contributed by atoms with Crippen molar-refractivity contribution in [1.82, 2.24) is 14.8 Å². The Morgan fingerprint density at radius 2 is 1.91 bits per heavy atom. The summed E-state index contributed by atoms with van der Waals surface area (Å²) in [5.74, 6) is -0.419. The van der Waals surface area contributed by atoms with Crippen LogP contribution in [-0.4, -0.2) is 58.7 Å². The Morgan fingerprint density at radius 3 is 2.65 bits per heavy atom. The van der Waals surface area contributed by atoms with E-state index in [1.54, 1.807) is 12.3 Å². The summed E-state index contributed by atoms with van der Waals surface area (Å²) in [5, 5.41) is 2.59. The molecule has 1 saturated carbocycles. The quantitative estimate of drug-likeness (QED) is 0.589. The van der Waals surface area contributed by atoms with E-state index < -0.39 is 6.04 Å². The lowest BCUT2D eigenvalue weighted by Gasteiger charge is -2.38. The molecular weight excluding hydrogens is 448 g/mol. The van der Waals surface area contributed by atoms with E-state index in [4.69, 9.17) is 0 Å². The van der Waals surface area contributed by atoms with Crippen molar-refractivity contribution in [3.8, 4) is 0 Å². The number of aromatic nitrogens is 1. The number of hydrogen-bond acceptors (Lipinski definition) is 6. The van der Waals surface area contributed by atoms with E-state index in [1.165, 1.54) is 35.5 Å². The molecule has 0 radical (unpaired) electrons. The summed E-state index contributed by atoms with van der Waals surface area (Å²) in [4.78, 5) is 49.9. The number of amides is 3. The average molecular weight is 481 g/mol. The van der Waals surface area contributed by atoms with Gasteiger partial charge < -0.3 is 9.80 Å². The molecule has 1 aromatic carbocycles. The Bertz CT molecular complexity index is 1080. The van der Waals surface area contributed by atoms with E-state index in [-0.39, 0.29) is 23.6 Å². The van der Waals surface area contributed by atoms with E-state index in [0.717, 1.165) is 42.9 Å². The molecule has 2 aromatic rings. The van der Waals surface area contributed by atoms with Gasteiger partial charge in [0.1, 0.15) is 5.01 Å². The first-order chi connectivity index (χ1) is 16.5. The number of piperidine rings is 1. The third-order valence-electron chi connectivity index (χ3n) is 7.70. The molecule has 5 rings (SSSR count). The van der Waals surface area contributed by atoms with Crippen LogP contribution in [-0.2, 0) is 4.79 Å². The van der Waals surface area contributed by atoms with Crippen LogP contribution in [0.1, 0.15) is 83.6 Å². The second kappa shape index (κ2) is 9.49. The first kappa shape index (κ1) is 23.0. The van der Waals surface area contributed by atoms with Gasteiger partial charge in [-0.2, -0.15) is 0 Å². The van der Waals surface area contributed by atoms with Gasteiger partial charge in [0.2, 0.25) is 5.91 Å². The van der Waals surface area contributed by atoms with Crippen molar-refractivity contribution in [2.24, 2.45) is 5.92 Å². The summed E-state index contributed by atoms with van der Waals surface area (Å²) in [6, 6.07) is 5.42. The van der Waals surface area contributed by atoms with Crippen LogP contribution in [0, 0.1) is 5.92 Å². The van der Waals surface area contributed by atoms with Crippen LogP contribution in [0.25, 0.3) is 0 Å². The summed E-state index contributed by atoms with van der Waals surface area (Å²) >= 11 is 1.44. The van der Waals surface area contributed by atoms with Crippen LogP contribution >= 0.6 is 11.3 Å². The fraction of sp³-hybridized carbons (Fsp3) is 0.538. The Hall–Kier alpha value is -2.74. The van der Waals surface area contributed by atoms with Crippen molar-refractivity contribution >= 4 is 34.7 Å². The van der Waals surface area contributed by atoms with Gasteiger partial charge >= 0.3 is 0 Å². The summed E-state index contributed by atoms with van der Waals surface area (Å²) in [6.45, 7) is 3.20. The minimum Gasteiger partial charge on any atom is -0.370 e. The molecule has 1 aliphatic carbocycles. The van der Waals surface area contributed by atoms with Crippen LogP contribution in [0.3, 0.4) is 0 Å². The number of fused-ring (bicyclic) bond motifs is 1. The SMILES string of the molecule is CC(c1nccs1)N1C(=O)c2cccc(N3CCCC(C(=O)N(C)C4CCCCC4)C3)c2C1=O. The molecule has 2 atom stereocenters. The number of benzene rings is 1. The van der Waals surface area contributed by atoms with Crippen molar-refractivity contribution in [2.75, 3.05) is 25.0 Å². The van der Waals surface area contributed by atoms with Gasteiger partial charge in [-0.05, 0) is 44.7 Å². The summed E-state index contributed by atoms with van der Waals surface area (Å²) in [5.41, 5.74) is 1.67. The van der Waals surface area contributed by atoms with Gasteiger partial charge in [0.05, 0.1) is 28.8 Å². The largest absolute Gasteiger partial charge is 0.370 e. The van der Waals surface area contributed by atoms with Crippen LogP contribution in [0.15, 0.2) is 29.8 Å². The summed E-state index contributed by atoms with van der Waals surface area (Å²) < 4.78 is 0. The lowest BCUT2D eigenvalue weighted by Crippen LogP contribution is -2.47. The first-order valence-corrected chi connectivity index (χ1v) is 13.3. The van der Waals surface area contributed by atoms with Gasteiger partial charge in [-0.1, -0.05) is 25.3 Å². The van der Waals surface area contributed by atoms with E-state index in [1.807, 2.05) is 36.4 Å². The zero-order chi connectivity index (χ0) is 23.8. The maximum absolute atomic E-state index is 13.5. The molecule has 34 heavy (non-hydrogen) atoms. The monoisotopic (exact) mass is 480 g/mol. The van der Waals surface area contributed by atoms with E-state index in [0.29, 0.717) is 23.7 Å². The van der Waals surface area contributed by atoms with Gasteiger partial charge in [0, 0.05) is 37.8 Å². The Morgan fingerprint density at radius 1 is 1.12 bits per heavy atom. The van der Waals surface area contributed by atoms with Crippen molar-refractivity contribution in [3.05, 3.63) is 45.9 Å². The summed E-state index contributed by atoms with van der Waals surface area (Å²) in [6.07, 6.45) is 9.28. The predicted octanol–water partition coefficient (Wildman–Crippen LogP) is 4.51. The zero-order valence-electron chi connectivity index (χ0n) is 19.9. The number of imide groups is 1. The van der Waals surface area contributed by atoms with Gasteiger partial charge in [-0.15, -0.1) is 11.3 Å². The standard InChI is InChI=1S/C26H32N4O3S/c1-17(23-27-13-15-34-23)30-25(32)20-11-6-12-21(22(20)26(30)33)29-14-7-8-18(16-29)24(31)28(2)19-9-4-3-5-10-19/h6,11-13,15,17-19H,3-5,7-10,14,16H2,1-2H3. The highest BCUT2D eigenvalue weighted by Crippen LogP contribution is 2.38.